The van der Waals surface area contributed by atoms with Crippen LogP contribution >= 0.6 is 0 Å². The lowest BCUT2D eigenvalue weighted by Gasteiger charge is -2.18. The lowest BCUT2D eigenvalue weighted by atomic mass is 10.1. The summed E-state index contributed by atoms with van der Waals surface area (Å²) in [6.45, 7) is 6.30. The highest BCUT2D eigenvalue weighted by molar-refractivity contribution is 5.71. The molecular formula is C62H98O6. The molecule has 6 nitrogen and oxygen atoms in total. The molecule has 0 rings (SSSR count). The highest BCUT2D eigenvalue weighted by atomic mass is 16.6. The first-order valence-corrected chi connectivity index (χ1v) is 27.2. The van der Waals surface area contributed by atoms with E-state index in [1.165, 1.54) is 44.9 Å². The zero-order chi connectivity index (χ0) is 49.3. The maximum Gasteiger partial charge on any atom is 0.306 e. The molecule has 0 bridgehead atoms. The summed E-state index contributed by atoms with van der Waals surface area (Å²) in [6.07, 6.45) is 77.3. The van der Waals surface area contributed by atoms with Crippen molar-refractivity contribution in [3.05, 3.63) is 134 Å². The largest absolute Gasteiger partial charge is 0.462 e. The Balaban J connectivity index is 4.55. The first-order valence-electron chi connectivity index (χ1n) is 27.2. The van der Waals surface area contributed by atoms with Crippen LogP contribution in [0.25, 0.3) is 0 Å². The van der Waals surface area contributed by atoms with Crippen molar-refractivity contribution >= 4 is 17.9 Å². The normalized spacial score (nSPS) is 13.2. The van der Waals surface area contributed by atoms with E-state index < -0.39 is 6.10 Å². The monoisotopic (exact) mass is 939 g/mol. The summed E-state index contributed by atoms with van der Waals surface area (Å²) >= 11 is 0. The minimum absolute atomic E-state index is 0.118. The molecule has 68 heavy (non-hydrogen) atoms. The SMILES string of the molecule is CC/C=C\C/C=C\C/C=C\C/C=C\C/C=C\C/C=C\CCCCC(=O)OCC(COC(=O)CCCCCCC/C=C\CCCCCCC)OC(=O)CCCC/C=C\C/C=C\C/C=C\C/C=C\CC. The third kappa shape index (κ3) is 52.5. The number of rotatable bonds is 47. The predicted molar refractivity (Wildman–Crippen MR) is 292 cm³/mol. The Kier molecular flexibility index (Phi) is 51.5. The van der Waals surface area contributed by atoms with Gasteiger partial charge in [-0.15, -0.1) is 0 Å². The second-order valence-electron chi connectivity index (χ2n) is 17.4. The van der Waals surface area contributed by atoms with E-state index >= 15 is 0 Å². The molecule has 0 amide bonds. The zero-order valence-electron chi connectivity index (χ0n) is 43.6. The lowest BCUT2D eigenvalue weighted by Crippen LogP contribution is -2.30. The molecule has 0 saturated carbocycles. The van der Waals surface area contributed by atoms with Gasteiger partial charge in [0.05, 0.1) is 0 Å². The van der Waals surface area contributed by atoms with E-state index in [9.17, 15) is 14.4 Å². The van der Waals surface area contributed by atoms with Crippen molar-refractivity contribution in [1.29, 1.82) is 0 Å². The molecule has 0 aliphatic rings. The summed E-state index contributed by atoms with van der Waals surface area (Å²) in [5, 5.41) is 0. The van der Waals surface area contributed by atoms with Crippen molar-refractivity contribution in [1.82, 2.24) is 0 Å². The van der Waals surface area contributed by atoms with Crippen LogP contribution < -0.4 is 0 Å². The van der Waals surface area contributed by atoms with Crippen LogP contribution in [0.5, 0.6) is 0 Å². The van der Waals surface area contributed by atoms with E-state index in [-0.39, 0.29) is 44.0 Å². The molecule has 0 radical (unpaired) electrons. The molecule has 0 spiro atoms. The predicted octanol–water partition coefficient (Wildman–Crippen LogP) is 18.3. The van der Waals surface area contributed by atoms with Crippen LogP contribution in [0, 0.1) is 0 Å². The Morgan fingerprint density at radius 3 is 0.941 bits per heavy atom. The number of hydrogen-bond acceptors (Lipinski definition) is 6. The fourth-order valence-electron chi connectivity index (χ4n) is 6.84. The quantitative estimate of drug-likeness (QED) is 0.0262. The summed E-state index contributed by atoms with van der Waals surface area (Å²) in [6, 6.07) is 0. The summed E-state index contributed by atoms with van der Waals surface area (Å²) in [5.74, 6) is -1.02. The minimum Gasteiger partial charge on any atom is -0.462 e. The molecular weight excluding hydrogens is 841 g/mol. The molecule has 0 heterocycles. The number of allylic oxidation sites excluding steroid dienone is 22. The Hall–Kier alpha value is -4.45. The average Bonchev–Trinajstić information content (AvgIpc) is 3.34. The smallest absolute Gasteiger partial charge is 0.306 e. The molecule has 0 saturated heterocycles. The summed E-state index contributed by atoms with van der Waals surface area (Å²) < 4.78 is 16.7. The van der Waals surface area contributed by atoms with Gasteiger partial charge in [0.2, 0.25) is 0 Å². The van der Waals surface area contributed by atoms with E-state index in [4.69, 9.17) is 14.2 Å². The Morgan fingerprint density at radius 2 is 0.574 bits per heavy atom. The Labute approximate surface area is 417 Å². The molecule has 0 aliphatic carbocycles. The van der Waals surface area contributed by atoms with Crippen molar-refractivity contribution in [2.75, 3.05) is 13.2 Å². The molecule has 6 heteroatoms. The van der Waals surface area contributed by atoms with Crippen molar-refractivity contribution in [2.24, 2.45) is 0 Å². The molecule has 0 aliphatic heterocycles. The van der Waals surface area contributed by atoms with E-state index in [0.717, 1.165) is 122 Å². The summed E-state index contributed by atoms with van der Waals surface area (Å²) in [4.78, 5) is 38.1. The third-order valence-corrected chi connectivity index (χ3v) is 10.9. The van der Waals surface area contributed by atoms with Gasteiger partial charge in [-0.1, -0.05) is 199 Å². The summed E-state index contributed by atoms with van der Waals surface area (Å²) in [7, 11) is 0. The van der Waals surface area contributed by atoms with Gasteiger partial charge < -0.3 is 14.2 Å². The first-order chi connectivity index (χ1) is 33.5. The van der Waals surface area contributed by atoms with Crippen molar-refractivity contribution in [3.8, 4) is 0 Å². The van der Waals surface area contributed by atoms with Crippen LogP contribution in [0.1, 0.15) is 220 Å². The molecule has 0 aromatic heterocycles. The highest BCUT2D eigenvalue weighted by Crippen LogP contribution is 2.12. The van der Waals surface area contributed by atoms with Crippen LogP contribution in [-0.2, 0) is 28.6 Å². The molecule has 1 atom stereocenters. The van der Waals surface area contributed by atoms with Gasteiger partial charge >= 0.3 is 17.9 Å². The average molecular weight is 939 g/mol. The van der Waals surface area contributed by atoms with E-state index in [0.29, 0.717) is 19.3 Å². The van der Waals surface area contributed by atoms with Crippen LogP contribution in [0.15, 0.2) is 134 Å². The standard InChI is InChI=1S/C62H98O6/c1-4-7-10-13-16-19-22-25-28-29-30-31-32-33-35-37-40-43-46-49-52-55-61(64)67-58-59(57-66-60(63)54-51-48-45-42-39-36-27-24-21-18-15-12-9-6-3)68-62(65)56-53-50-47-44-41-38-34-26-23-20-17-14-11-8-5-2/h7-8,10-11,16-17,19-20,24-28,30-31,33-35,40-41,43-44,59H,4-6,9,12-15,18,21-23,29,32,36-39,42,45-58H2,1-3H3/b10-7-,11-8-,19-16-,20-17-,27-24-,28-25-,31-30-,34-26-,35-33-,43-40-,44-41-. The topological polar surface area (TPSA) is 78.9 Å². The van der Waals surface area contributed by atoms with Crippen molar-refractivity contribution < 1.29 is 28.6 Å². The van der Waals surface area contributed by atoms with E-state index in [1.807, 2.05) is 0 Å². The second kappa shape index (κ2) is 55.1. The van der Waals surface area contributed by atoms with Gasteiger partial charge in [0.1, 0.15) is 13.2 Å². The second-order valence-corrected chi connectivity index (χ2v) is 17.4. The van der Waals surface area contributed by atoms with Gasteiger partial charge in [-0.2, -0.15) is 0 Å². The maximum absolute atomic E-state index is 12.8. The molecule has 0 aromatic carbocycles. The Bertz CT molecular complexity index is 1500. The number of carbonyl (C=O) groups excluding carboxylic acids is 3. The van der Waals surface area contributed by atoms with Crippen LogP contribution in [0.3, 0.4) is 0 Å². The number of esters is 3. The molecule has 382 valence electrons. The number of unbranched alkanes of at least 4 members (excludes halogenated alkanes) is 14. The van der Waals surface area contributed by atoms with Gasteiger partial charge in [-0.25, -0.2) is 0 Å². The number of ether oxygens (including phenoxy) is 3. The van der Waals surface area contributed by atoms with Gasteiger partial charge in [0.15, 0.2) is 6.10 Å². The summed E-state index contributed by atoms with van der Waals surface area (Å²) in [5.41, 5.74) is 0. The molecule has 0 fully saturated rings. The van der Waals surface area contributed by atoms with Gasteiger partial charge in [-0.3, -0.25) is 14.4 Å². The fourth-order valence-corrected chi connectivity index (χ4v) is 6.84. The minimum atomic E-state index is -0.826. The van der Waals surface area contributed by atoms with Crippen molar-refractivity contribution in [3.63, 3.8) is 0 Å². The highest BCUT2D eigenvalue weighted by Gasteiger charge is 2.19. The number of hydrogen-bond donors (Lipinski definition) is 0. The number of carbonyl (C=O) groups is 3. The van der Waals surface area contributed by atoms with Crippen LogP contribution in [0.2, 0.25) is 0 Å². The zero-order valence-corrected chi connectivity index (χ0v) is 43.6. The fraction of sp³-hybridized carbons (Fsp3) is 0.597. The van der Waals surface area contributed by atoms with E-state index in [1.54, 1.807) is 0 Å². The Morgan fingerprint density at radius 1 is 0.309 bits per heavy atom. The van der Waals surface area contributed by atoms with Crippen molar-refractivity contribution in [2.45, 2.75) is 226 Å². The van der Waals surface area contributed by atoms with Gasteiger partial charge in [0, 0.05) is 19.3 Å². The van der Waals surface area contributed by atoms with Crippen LogP contribution in [-0.4, -0.2) is 37.2 Å². The van der Waals surface area contributed by atoms with E-state index in [2.05, 4.69) is 154 Å². The first kappa shape index (κ1) is 63.5. The van der Waals surface area contributed by atoms with Gasteiger partial charge in [-0.05, 0) is 135 Å². The lowest BCUT2D eigenvalue weighted by molar-refractivity contribution is -0.167. The maximum atomic E-state index is 12.8. The third-order valence-electron chi connectivity index (χ3n) is 10.9. The van der Waals surface area contributed by atoms with Gasteiger partial charge in [0.25, 0.3) is 0 Å². The molecule has 0 N–H and O–H groups in total. The molecule has 0 aromatic rings. The van der Waals surface area contributed by atoms with Crippen LogP contribution in [0.4, 0.5) is 0 Å². The molecule has 1 unspecified atom stereocenters.